The summed E-state index contributed by atoms with van der Waals surface area (Å²) >= 11 is 0. The van der Waals surface area contributed by atoms with Crippen molar-refractivity contribution in [1.82, 2.24) is 4.90 Å². The number of hydrogen-bond acceptors (Lipinski definition) is 4. The van der Waals surface area contributed by atoms with E-state index in [4.69, 9.17) is 15.2 Å². The molecule has 0 atom stereocenters. The van der Waals surface area contributed by atoms with Gasteiger partial charge in [0.05, 0.1) is 6.61 Å². The lowest BCUT2D eigenvalue weighted by Gasteiger charge is -2.34. The number of nitrogens with zero attached hydrogens (tertiary/aromatic N) is 1. The lowest BCUT2D eigenvalue weighted by Crippen LogP contribution is -2.41. The summed E-state index contributed by atoms with van der Waals surface area (Å²) in [5.74, 6) is 0. The first-order chi connectivity index (χ1) is 8.88. The van der Waals surface area contributed by atoms with Crippen LogP contribution in [0.25, 0.3) is 0 Å². The Bertz CT molecular complexity index is 185. The van der Waals surface area contributed by atoms with E-state index in [0.29, 0.717) is 0 Å². The predicted octanol–water partition coefficient (Wildman–Crippen LogP) is 1.63. The molecule has 18 heavy (non-hydrogen) atoms. The molecule has 2 N–H and O–H groups in total. The maximum absolute atomic E-state index is 5.71. The molecule has 0 aromatic rings. The van der Waals surface area contributed by atoms with Crippen LogP contribution in [-0.2, 0) is 9.47 Å². The van der Waals surface area contributed by atoms with Crippen LogP contribution in [0.15, 0.2) is 0 Å². The second kappa shape index (κ2) is 10.7. The minimum absolute atomic E-state index is 0.741. The Hall–Kier alpha value is -0.160. The maximum atomic E-state index is 5.71. The van der Waals surface area contributed by atoms with Gasteiger partial charge in [-0.05, 0) is 19.3 Å². The quantitative estimate of drug-likeness (QED) is 0.605. The summed E-state index contributed by atoms with van der Waals surface area (Å²) in [5, 5.41) is 0. The molecule has 0 heterocycles. The van der Waals surface area contributed by atoms with Crippen LogP contribution in [0.1, 0.15) is 38.5 Å². The molecule has 1 fully saturated rings. The van der Waals surface area contributed by atoms with Gasteiger partial charge in [-0.1, -0.05) is 19.3 Å². The van der Waals surface area contributed by atoms with Gasteiger partial charge in [0.25, 0.3) is 0 Å². The van der Waals surface area contributed by atoms with Gasteiger partial charge in [0.15, 0.2) is 0 Å². The number of rotatable bonds is 10. The van der Waals surface area contributed by atoms with E-state index in [1.807, 2.05) is 0 Å². The van der Waals surface area contributed by atoms with Crippen LogP contribution < -0.4 is 5.73 Å². The second-order valence-electron chi connectivity index (χ2n) is 5.08. The average Bonchev–Trinajstić information content (AvgIpc) is 2.42. The van der Waals surface area contributed by atoms with E-state index in [0.717, 1.165) is 51.9 Å². The summed E-state index contributed by atoms with van der Waals surface area (Å²) < 4.78 is 10.6. The van der Waals surface area contributed by atoms with Crippen LogP contribution in [0, 0.1) is 0 Å². The minimum atomic E-state index is 0.741. The van der Waals surface area contributed by atoms with E-state index in [-0.39, 0.29) is 0 Å². The van der Waals surface area contributed by atoms with Crippen molar-refractivity contribution >= 4 is 0 Å². The van der Waals surface area contributed by atoms with Crippen molar-refractivity contribution in [3.05, 3.63) is 0 Å². The fourth-order valence-corrected chi connectivity index (χ4v) is 2.68. The van der Waals surface area contributed by atoms with E-state index >= 15 is 0 Å². The van der Waals surface area contributed by atoms with Gasteiger partial charge in [0.1, 0.15) is 0 Å². The van der Waals surface area contributed by atoms with E-state index in [1.54, 1.807) is 7.11 Å². The normalized spacial score (nSPS) is 17.5. The molecule has 1 rings (SSSR count). The third-order valence-electron chi connectivity index (χ3n) is 3.67. The molecule has 0 aromatic carbocycles. The van der Waals surface area contributed by atoms with Crippen LogP contribution in [0.4, 0.5) is 0 Å². The fourth-order valence-electron chi connectivity index (χ4n) is 2.68. The summed E-state index contributed by atoms with van der Waals surface area (Å²) in [6.07, 6.45) is 7.81. The number of methoxy groups -OCH3 is 1. The Morgan fingerprint density at radius 1 is 1.06 bits per heavy atom. The monoisotopic (exact) mass is 258 g/mol. The zero-order valence-corrected chi connectivity index (χ0v) is 11.9. The Kier molecular flexibility index (Phi) is 9.48. The molecule has 0 bridgehead atoms. The van der Waals surface area contributed by atoms with Crippen LogP contribution in [-0.4, -0.2) is 57.5 Å². The summed E-state index contributed by atoms with van der Waals surface area (Å²) in [6, 6.07) is 0.741. The minimum Gasteiger partial charge on any atom is -0.385 e. The first-order valence-corrected chi connectivity index (χ1v) is 7.39. The Morgan fingerprint density at radius 2 is 1.83 bits per heavy atom. The number of hydrogen-bond donors (Lipinski definition) is 1. The topological polar surface area (TPSA) is 47.7 Å². The zero-order valence-electron chi connectivity index (χ0n) is 11.9. The van der Waals surface area contributed by atoms with Gasteiger partial charge >= 0.3 is 0 Å². The highest BCUT2D eigenvalue weighted by Crippen LogP contribution is 2.22. The highest BCUT2D eigenvalue weighted by molar-refractivity contribution is 4.75. The van der Waals surface area contributed by atoms with Gasteiger partial charge in [0.2, 0.25) is 0 Å². The molecular weight excluding hydrogens is 228 g/mol. The summed E-state index contributed by atoms with van der Waals surface area (Å²) in [7, 11) is 1.73. The molecular formula is C14H30N2O2. The molecule has 1 aliphatic carbocycles. The molecule has 0 aliphatic heterocycles. The number of ether oxygens (including phenoxy) is 2. The largest absolute Gasteiger partial charge is 0.385 e. The molecule has 0 amide bonds. The van der Waals surface area contributed by atoms with Crippen LogP contribution in [0.3, 0.4) is 0 Å². The second-order valence-corrected chi connectivity index (χ2v) is 5.08. The summed E-state index contributed by atoms with van der Waals surface area (Å²) in [5.41, 5.74) is 5.71. The smallest absolute Gasteiger partial charge is 0.0593 e. The van der Waals surface area contributed by atoms with Crippen LogP contribution in [0.2, 0.25) is 0 Å². The molecule has 1 aliphatic rings. The van der Waals surface area contributed by atoms with Crippen molar-refractivity contribution in [2.24, 2.45) is 5.73 Å². The maximum Gasteiger partial charge on any atom is 0.0593 e. The van der Waals surface area contributed by atoms with Gasteiger partial charge in [-0.2, -0.15) is 0 Å². The van der Waals surface area contributed by atoms with Crippen LogP contribution in [0.5, 0.6) is 0 Å². The summed E-state index contributed by atoms with van der Waals surface area (Å²) in [6.45, 7) is 5.19. The number of nitrogens with two attached hydrogens (primary N) is 1. The van der Waals surface area contributed by atoms with Gasteiger partial charge in [-0.3, -0.25) is 4.90 Å². The lowest BCUT2D eigenvalue weighted by molar-refractivity contribution is 0.0659. The van der Waals surface area contributed by atoms with E-state index < -0.39 is 0 Å². The van der Waals surface area contributed by atoms with Crippen molar-refractivity contribution in [3.8, 4) is 0 Å². The standard InChI is InChI=1S/C14H30N2O2/c1-17-11-5-12-18-13-10-16(9-8-15)14-6-3-2-4-7-14/h14H,2-13,15H2,1H3. The third-order valence-corrected chi connectivity index (χ3v) is 3.67. The zero-order chi connectivity index (χ0) is 13.1. The van der Waals surface area contributed by atoms with E-state index in [9.17, 15) is 0 Å². The van der Waals surface area contributed by atoms with E-state index in [1.165, 1.54) is 32.1 Å². The van der Waals surface area contributed by atoms with E-state index in [2.05, 4.69) is 4.90 Å². The van der Waals surface area contributed by atoms with Crippen molar-refractivity contribution in [2.75, 3.05) is 46.6 Å². The van der Waals surface area contributed by atoms with Crippen molar-refractivity contribution in [2.45, 2.75) is 44.6 Å². The fraction of sp³-hybridized carbons (Fsp3) is 1.00. The highest BCUT2D eigenvalue weighted by atomic mass is 16.5. The molecule has 0 unspecified atom stereocenters. The van der Waals surface area contributed by atoms with Gasteiger partial charge < -0.3 is 15.2 Å². The Balaban J connectivity index is 2.12. The SMILES string of the molecule is COCCCOCCN(CCN)C1CCCCC1. The lowest BCUT2D eigenvalue weighted by atomic mass is 9.94. The molecule has 1 saturated carbocycles. The molecule has 0 radical (unpaired) electrons. The molecule has 0 aromatic heterocycles. The first-order valence-electron chi connectivity index (χ1n) is 7.39. The summed E-state index contributed by atoms with van der Waals surface area (Å²) in [4.78, 5) is 2.52. The average molecular weight is 258 g/mol. The molecule has 4 nitrogen and oxygen atoms in total. The van der Waals surface area contributed by atoms with Gasteiger partial charge in [0, 0.05) is 46.0 Å². The molecule has 108 valence electrons. The highest BCUT2D eigenvalue weighted by Gasteiger charge is 2.19. The third kappa shape index (κ3) is 6.69. The molecule has 0 saturated heterocycles. The van der Waals surface area contributed by atoms with Gasteiger partial charge in [-0.25, -0.2) is 0 Å². The first kappa shape index (κ1) is 15.9. The van der Waals surface area contributed by atoms with Crippen molar-refractivity contribution in [3.63, 3.8) is 0 Å². The molecule has 4 heteroatoms. The van der Waals surface area contributed by atoms with Crippen molar-refractivity contribution < 1.29 is 9.47 Å². The Labute approximate surface area is 112 Å². The van der Waals surface area contributed by atoms with Gasteiger partial charge in [-0.15, -0.1) is 0 Å². The van der Waals surface area contributed by atoms with Crippen molar-refractivity contribution in [1.29, 1.82) is 0 Å². The van der Waals surface area contributed by atoms with Crippen LogP contribution >= 0.6 is 0 Å². The Morgan fingerprint density at radius 3 is 2.50 bits per heavy atom. The predicted molar refractivity (Wildman–Crippen MR) is 74.8 cm³/mol. The molecule has 0 spiro atoms.